The molecule has 0 atom stereocenters. The highest BCUT2D eigenvalue weighted by Gasteiger charge is 2.37. The summed E-state index contributed by atoms with van der Waals surface area (Å²) in [5, 5.41) is 2.47. The lowest BCUT2D eigenvalue weighted by Crippen LogP contribution is -2.48. The third-order valence-electron chi connectivity index (χ3n) is 3.40. The number of amides is 1. The Kier molecular flexibility index (Phi) is 3.54. The first-order valence-electron chi connectivity index (χ1n) is 6.09. The van der Waals surface area contributed by atoms with Gasteiger partial charge in [-0.2, -0.15) is 13.2 Å². The van der Waals surface area contributed by atoms with Gasteiger partial charge in [0.25, 0.3) is 0 Å². The number of halogens is 3. The van der Waals surface area contributed by atoms with E-state index < -0.39 is 23.2 Å². The molecular formula is C13H15F3N2O. The molecule has 104 valence electrons. The fourth-order valence-electron chi connectivity index (χ4n) is 2.26. The summed E-state index contributed by atoms with van der Waals surface area (Å²) in [5.74, 6) is -0.413. The topological polar surface area (TPSA) is 55.1 Å². The molecule has 3 N–H and O–H groups in total. The molecule has 0 unspecified atom stereocenters. The summed E-state index contributed by atoms with van der Waals surface area (Å²) in [4.78, 5) is 12.0. The molecule has 1 saturated carbocycles. The summed E-state index contributed by atoms with van der Waals surface area (Å²) in [7, 11) is 0. The largest absolute Gasteiger partial charge is 0.416 e. The zero-order valence-corrected chi connectivity index (χ0v) is 10.3. The molecule has 0 radical (unpaired) electrons. The molecule has 1 aliphatic carbocycles. The molecule has 1 amide bonds. The first kappa shape index (κ1) is 13.9. The van der Waals surface area contributed by atoms with Crippen molar-refractivity contribution in [2.45, 2.75) is 37.4 Å². The minimum Gasteiger partial charge on any atom is -0.324 e. The highest BCUT2D eigenvalue weighted by atomic mass is 19.4. The summed E-state index contributed by atoms with van der Waals surface area (Å²) in [6.45, 7) is 0. The van der Waals surface area contributed by atoms with E-state index in [0.29, 0.717) is 12.8 Å². The van der Waals surface area contributed by atoms with Crippen LogP contribution in [0.1, 0.15) is 31.2 Å². The van der Waals surface area contributed by atoms with Gasteiger partial charge >= 0.3 is 6.18 Å². The number of rotatable bonds is 2. The van der Waals surface area contributed by atoms with Gasteiger partial charge in [0.2, 0.25) is 5.91 Å². The van der Waals surface area contributed by atoms with Crippen molar-refractivity contribution in [3.8, 4) is 0 Å². The summed E-state index contributed by atoms with van der Waals surface area (Å²) in [6.07, 6.45) is -1.55. The number of carbonyl (C=O) groups is 1. The smallest absolute Gasteiger partial charge is 0.324 e. The van der Waals surface area contributed by atoms with Crippen molar-refractivity contribution in [1.82, 2.24) is 0 Å². The number of alkyl halides is 3. The van der Waals surface area contributed by atoms with E-state index in [1.54, 1.807) is 0 Å². The second-order valence-corrected chi connectivity index (χ2v) is 4.90. The van der Waals surface area contributed by atoms with Crippen LogP contribution in [-0.4, -0.2) is 11.4 Å². The van der Waals surface area contributed by atoms with E-state index in [4.69, 9.17) is 5.73 Å². The van der Waals surface area contributed by atoms with E-state index in [9.17, 15) is 18.0 Å². The van der Waals surface area contributed by atoms with Gasteiger partial charge < -0.3 is 11.1 Å². The molecule has 3 nitrogen and oxygen atoms in total. The van der Waals surface area contributed by atoms with Crippen LogP contribution in [0.15, 0.2) is 24.3 Å². The normalized spacial score (nSPS) is 18.3. The number of anilines is 1. The molecule has 0 aliphatic heterocycles. The van der Waals surface area contributed by atoms with Crippen LogP contribution in [0.5, 0.6) is 0 Å². The number of nitrogens with two attached hydrogens (primary N) is 1. The van der Waals surface area contributed by atoms with Crippen molar-refractivity contribution in [1.29, 1.82) is 0 Å². The van der Waals surface area contributed by atoms with Crippen molar-refractivity contribution >= 4 is 11.6 Å². The molecule has 1 aromatic rings. The van der Waals surface area contributed by atoms with Crippen molar-refractivity contribution < 1.29 is 18.0 Å². The summed E-state index contributed by atoms with van der Waals surface area (Å²) in [6, 6.07) is 4.56. The molecule has 6 heteroatoms. The van der Waals surface area contributed by atoms with E-state index in [1.807, 2.05) is 0 Å². The van der Waals surface area contributed by atoms with Crippen LogP contribution >= 0.6 is 0 Å². The van der Waals surface area contributed by atoms with Crippen molar-refractivity contribution in [2.75, 3.05) is 5.32 Å². The van der Waals surface area contributed by atoms with Crippen molar-refractivity contribution in [2.24, 2.45) is 5.73 Å². The Morgan fingerprint density at radius 3 is 2.47 bits per heavy atom. The Balaban J connectivity index is 2.13. The maximum atomic E-state index is 12.5. The van der Waals surface area contributed by atoms with Crippen LogP contribution in [-0.2, 0) is 11.0 Å². The van der Waals surface area contributed by atoms with Gasteiger partial charge in [0.05, 0.1) is 11.1 Å². The Labute approximate surface area is 109 Å². The third kappa shape index (κ3) is 3.07. The van der Waals surface area contributed by atoms with E-state index >= 15 is 0 Å². The van der Waals surface area contributed by atoms with E-state index in [2.05, 4.69) is 5.32 Å². The Hall–Kier alpha value is -1.56. The Morgan fingerprint density at radius 2 is 1.89 bits per heavy atom. The lowest BCUT2D eigenvalue weighted by molar-refractivity contribution is -0.137. The minimum atomic E-state index is -4.42. The molecule has 0 saturated heterocycles. The van der Waals surface area contributed by atoms with Gasteiger partial charge in [-0.05, 0) is 31.0 Å². The number of carbonyl (C=O) groups excluding carboxylic acids is 1. The number of hydrogen-bond donors (Lipinski definition) is 2. The second kappa shape index (κ2) is 4.85. The van der Waals surface area contributed by atoms with Gasteiger partial charge in [-0.3, -0.25) is 4.79 Å². The monoisotopic (exact) mass is 272 g/mol. The summed E-state index contributed by atoms with van der Waals surface area (Å²) in [5.41, 5.74) is 4.32. The highest BCUT2D eigenvalue weighted by Crippen LogP contribution is 2.32. The maximum Gasteiger partial charge on any atom is 0.416 e. The van der Waals surface area contributed by atoms with Crippen LogP contribution in [0.2, 0.25) is 0 Å². The van der Waals surface area contributed by atoms with Crippen molar-refractivity contribution in [3.05, 3.63) is 29.8 Å². The molecule has 1 aliphatic rings. The number of benzene rings is 1. The van der Waals surface area contributed by atoms with Crippen molar-refractivity contribution in [3.63, 3.8) is 0 Å². The average Bonchev–Trinajstić information content (AvgIpc) is 2.77. The Morgan fingerprint density at radius 1 is 1.26 bits per heavy atom. The predicted octanol–water partition coefficient (Wildman–Crippen LogP) is 2.92. The summed E-state index contributed by atoms with van der Waals surface area (Å²) >= 11 is 0. The Bertz CT molecular complexity index is 479. The molecular weight excluding hydrogens is 257 g/mol. The van der Waals surface area contributed by atoms with Gasteiger partial charge in [0.1, 0.15) is 0 Å². The summed E-state index contributed by atoms with van der Waals surface area (Å²) < 4.78 is 37.6. The standard InChI is InChI=1S/C13H15F3N2O/c14-13(15,16)9-4-3-5-10(8-9)18-11(19)12(17)6-1-2-7-12/h3-5,8H,1-2,6-7,17H2,(H,18,19). The molecule has 0 bridgehead atoms. The van der Waals surface area contributed by atoms with Gasteiger partial charge in [0.15, 0.2) is 0 Å². The molecule has 2 rings (SSSR count). The van der Waals surface area contributed by atoms with Crippen LogP contribution in [0.3, 0.4) is 0 Å². The minimum absolute atomic E-state index is 0.122. The third-order valence-corrected chi connectivity index (χ3v) is 3.40. The molecule has 0 spiro atoms. The molecule has 0 heterocycles. The van der Waals surface area contributed by atoms with Crippen LogP contribution in [0.4, 0.5) is 18.9 Å². The van der Waals surface area contributed by atoms with E-state index in [-0.39, 0.29) is 5.69 Å². The molecule has 19 heavy (non-hydrogen) atoms. The SMILES string of the molecule is NC1(C(=O)Nc2cccc(C(F)(F)F)c2)CCCC1. The average molecular weight is 272 g/mol. The predicted molar refractivity (Wildman–Crippen MR) is 65.5 cm³/mol. The quantitative estimate of drug-likeness (QED) is 0.869. The fourth-order valence-corrected chi connectivity index (χ4v) is 2.26. The lowest BCUT2D eigenvalue weighted by atomic mass is 9.98. The van der Waals surface area contributed by atoms with Crippen LogP contribution in [0.25, 0.3) is 0 Å². The van der Waals surface area contributed by atoms with Crippen LogP contribution < -0.4 is 11.1 Å². The first-order valence-corrected chi connectivity index (χ1v) is 6.09. The molecule has 1 fully saturated rings. The fraction of sp³-hybridized carbons (Fsp3) is 0.462. The number of hydrogen-bond acceptors (Lipinski definition) is 2. The van der Waals surface area contributed by atoms with Gasteiger partial charge in [-0.25, -0.2) is 0 Å². The first-order chi connectivity index (χ1) is 8.81. The zero-order valence-electron chi connectivity index (χ0n) is 10.3. The van der Waals surface area contributed by atoms with Gasteiger partial charge in [0, 0.05) is 5.69 Å². The number of nitrogens with one attached hydrogen (secondary N) is 1. The highest BCUT2D eigenvalue weighted by molar-refractivity contribution is 5.98. The van der Waals surface area contributed by atoms with Gasteiger partial charge in [-0.1, -0.05) is 18.9 Å². The van der Waals surface area contributed by atoms with Crippen LogP contribution in [0, 0.1) is 0 Å². The lowest BCUT2D eigenvalue weighted by Gasteiger charge is -2.22. The molecule has 1 aromatic carbocycles. The zero-order chi connectivity index (χ0) is 14.1. The van der Waals surface area contributed by atoms with Gasteiger partial charge in [-0.15, -0.1) is 0 Å². The molecule has 0 aromatic heterocycles. The van der Waals surface area contributed by atoms with E-state index in [0.717, 1.165) is 25.0 Å². The second-order valence-electron chi connectivity index (χ2n) is 4.90. The van der Waals surface area contributed by atoms with E-state index in [1.165, 1.54) is 12.1 Å². The maximum absolute atomic E-state index is 12.5.